The minimum Gasteiger partial charge on any atom is -0.484 e. The second-order valence-electron chi connectivity index (χ2n) is 4.53. The molecule has 0 aliphatic carbocycles. The van der Waals surface area contributed by atoms with Gasteiger partial charge in [-0.2, -0.15) is 5.26 Å². The van der Waals surface area contributed by atoms with E-state index in [1.165, 1.54) is 0 Å². The molecule has 0 aromatic heterocycles. The van der Waals surface area contributed by atoms with Crippen molar-refractivity contribution in [3.05, 3.63) is 29.8 Å². The maximum absolute atomic E-state index is 11.6. The Morgan fingerprint density at radius 2 is 2.17 bits per heavy atom. The number of nitriles is 1. The average Bonchev–Trinajstić information content (AvgIpc) is 2.36. The van der Waals surface area contributed by atoms with Crippen molar-refractivity contribution in [2.75, 3.05) is 6.61 Å². The molecule has 4 nitrogen and oxygen atoms in total. The fourth-order valence-electron chi connectivity index (χ4n) is 1.27. The summed E-state index contributed by atoms with van der Waals surface area (Å²) in [6.07, 6.45) is 0. The lowest BCUT2D eigenvalue weighted by Gasteiger charge is -2.17. The number of nitrogens with zero attached hydrogens (tertiary/aromatic N) is 1. The number of hydrogen-bond donors (Lipinski definition) is 1. The quantitative estimate of drug-likeness (QED) is 0.865. The summed E-state index contributed by atoms with van der Waals surface area (Å²) in [6, 6.07) is 8.88. The summed E-state index contributed by atoms with van der Waals surface area (Å²) in [4.78, 5) is 11.6. The molecule has 0 radical (unpaired) electrons. The van der Waals surface area contributed by atoms with E-state index in [-0.39, 0.29) is 18.6 Å². The zero-order chi connectivity index (χ0) is 13.5. The molecule has 1 atom stereocenters. The third-order valence-corrected chi connectivity index (χ3v) is 2.72. The summed E-state index contributed by atoms with van der Waals surface area (Å²) in [5, 5.41) is 11.6. The Kier molecular flexibility index (Phi) is 5.19. The molecular weight excluding hydrogens is 228 g/mol. The molecule has 0 aliphatic heterocycles. The van der Waals surface area contributed by atoms with Gasteiger partial charge in [0, 0.05) is 6.04 Å². The molecule has 0 fully saturated rings. The molecule has 0 saturated carbocycles. The summed E-state index contributed by atoms with van der Waals surface area (Å²) < 4.78 is 5.33. The topological polar surface area (TPSA) is 62.1 Å². The smallest absolute Gasteiger partial charge is 0.258 e. The monoisotopic (exact) mass is 246 g/mol. The van der Waals surface area contributed by atoms with Crippen molar-refractivity contribution >= 4 is 5.91 Å². The van der Waals surface area contributed by atoms with Gasteiger partial charge >= 0.3 is 0 Å². The first-order valence-electron chi connectivity index (χ1n) is 5.95. The molecule has 1 aromatic carbocycles. The highest BCUT2D eigenvalue weighted by molar-refractivity contribution is 5.77. The molecule has 0 bridgehead atoms. The number of benzene rings is 1. The summed E-state index contributed by atoms with van der Waals surface area (Å²) in [7, 11) is 0. The fourth-order valence-corrected chi connectivity index (χ4v) is 1.27. The molecule has 4 heteroatoms. The summed E-state index contributed by atoms with van der Waals surface area (Å²) >= 11 is 0. The van der Waals surface area contributed by atoms with Crippen LogP contribution >= 0.6 is 0 Å². The van der Waals surface area contributed by atoms with Crippen LogP contribution < -0.4 is 10.1 Å². The van der Waals surface area contributed by atoms with E-state index in [2.05, 4.69) is 5.32 Å². The highest BCUT2D eigenvalue weighted by atomic mass is 16.5. The molecule has 0 spiro atoms. The zero-order valence-corrected chi connectivity index (χ0v) is 10.9. The van der Waals surface area contributed by atoms with E-state index in [1.54, 1.807) is 24.3 Å². The van der Waals surface area contributed by atoms with Gasteiger partial charge < -0.3 is 10.1 Å². The summed E-state index contributed by atoms with van der Waals surface area (Å²) in [5.41, 5.74) is 0.517. The number of hydrogen-bond acceptors (Lipinski definition) is 3. The highest BCUT2D eigenvalue weighted by Crippen LogP contribution is 2.12. The molecule has 1 rings (SSSR count). The van der Waals surface area contributed by atoms with Gasteiger partial charge in [-0.3, -0.25) is 4.79 Å². The third kappa shape index (κ3) is 4.46. The maximum Gasteiger partial charge on any atom is 0.258 e. The second-order valence-corrected chi connectivity index (χ2v) is 4.53. The molecule has 0 saturated heterocycles. The minimum absolute atomic E-state index is 0.0358. The van der Waals surface area contributed by atoms with Crippen molar-refractivity contribution in [3.63, 3.8) is 0 Å². The van der Waals surface area contributed by atoms with E-state index < -0.39 is 0 Å². The first-order valence-corrected chi connectivity index (χ1v) is 5.95. The van der Waals surface area contributed by atoms with Crippen LogP contribution in [-0.2, 0) is 4.79 Å². The summed E-state index contributed by atoms with van der Waals surface area (Å²) in [6.45, 7) is 6.01. The lowest BCUT2D eigenvalue weighted by atomic mass is 10.1. The normalized spacial score (nSPS) is 11.7. The van der Waals surface area contributed by atoms with Crippen molar-refractivity contribution in [2.24, 2.45) is 5.92 Å². The fraction of sp³-hybridized carbons (Fsp3) is 0.429. The Morgan fingerprint density at radius 3 is 2.78 bits per heavy atom. The van der Waals surface area contributed by atoms with Crippen LogP contribution in [0.25, 0.3) is 0 Å². The molecule has 0 aliphatic rings. The molecule has 0 heterocycles. The van der Waals surface area contributed by atoms with Crippen LogP contribution in [0.1, 0.15) is 26.3 Å². The van der Waals surface area contributed by atoms with Crippen molar-refractivity contribution in [3.8, 4) is 11.8 Å². The van der Waals surface area contributed by atoms with Crippen LogP contribution in [0.3, 0.4) is 0 Å². The number of ether oxygens (including phenoxy) is 1. The van der Waals surface area contributed by atoms with Crippen molar-refractivity contribution < 1.29 is 9.53 Å². The first-order chi connectivity index (χ1) is 8.52. The summed E-state index contributed by atoms with van der Waals surface area (Å²) in [5.74, 6) is 0.760. The van der Waals surface area contributed by atoms with Gasteiger partial charge in [-0.25, -0.2) is 0 Å². The molecule has 18 heavy (non-hydrogen) atoms. The maximum atomic E-state index is 11.6. The Bertz CT molecular complexity index is 449. The standard InChI is InChI=1S/C14H18N2O2/c1-10(2)11(3)16-14(17)9-18-13-6-4-5-12(7-13)8-15/h4-7,10-11H,9H2,1-3H3,(H,16,17)/t11-/m1/s1. The molecule has 1 amide bonds. The van der Waals surface area contributed by atoms with Gasteiger partial charge in [-0.05, 0) is 31.0 Å². The Balaban J connectivity index is 2.45. The van der Waals surface area contributed by atoms with Gasteiger partial charge in [0.05, 0.1) is 11.6 Å². The van der Waals surface area contributed by atoms with Crippen LogP contribution in [0.2, 0.25) is 0 Å². The van der Waals surface area contributed by atoms with Gasteiger partial charge in [-0.15, -0.1) is 0 Å². The van der Waals surface area contributed by atoms with Crippen LogP contribution in [0.5, 0.6) is 5.75 Å². The third-order valence-electron chi connectivity index (χ3n) is 2.72. The Morgan fingerprint density at radius 1 is 1.44 bits per heavy atom. The van der Waals surface area contributed by atoms with E-state index in [0.717, 1.165) is 0 Å². The average molecular weight is 246 g/mol. The van der Waals surface area contributed by atoms with Crippen molar-refractivity contribution in [1.29, 1.82) is 5.26 Å². The highest BCUT2D eigenvalue weighted by Gasteiger charge is 2.11. The van der Waals surface area contributed by atoms with E-state index >= 15 is 0 Å². The van der Waals surface area contributed by atoms with Crippen molar-refractivity contribution in [1.82, 2.24) is 5.32 Å². The molecule has 96 valence electrons. The van der Waals surface area contributed by atoms with Crippen LogP contribution in [0, 0.1) is 17.2 Å². The number of carbonyl (C=O) groups is 1. The Labute approximate surface area is 108 Å². The number of carbonyl (C=O) groups excluding carboxylic acids is 1. The van der Waals surface area contributed by atoms with Gasteiger partial charge in [0.25, 0.3) is 5.91 Å². The van der Waals surface area contributed by atoms with Crippen molar-refractivity contribution in [2.45, 2.75) is 26.8 Å². The van der Waals surface area contributed by atoms with Gasteiger partial charge in [0.2, 0.25) is 0 Å². The zero-order valence-electron chi connectivity index (χ0n) is 10.9. The number of nitrogens with one attached hydrogen (secondary N) is 1. The van der Waals surface area contributed by atoms with Gasteiger partial charge in [0.15, 0.2) is 6.61 Å². The van der Waals surface area contributed by atoms with Crippen LogP contribution in [-0.4, -0.2) is 18.6 Å². The van der Waals surface area contributed by atoms with E-state index in [4.69, 9.17) is 10.00 Å². The van der Waals surface area contributed by atoms with Crippen LogP contribution in [0.15, 0.2) is 24.3 Å². The van der Waals surface area contributed by atoms with Gasteiger partial charge in [-0.1, -0.05) is 19.9 Å². The number of amides is 1. The van der Waals surface area contributed by atoms with E-state index in [1.807, 2.05) is 26.8 Å². The van der Waals surface area contributed by atoms with E-state index in [0.29, 0.717) is 17.2 Å². The lowest BCUT2D eigenvalue weighted by Crippen LogP contribution is -2.38. The Hall–Kier alpha value is -2.02. The molecular formula is C14H18N2O2. The van der Waals surface area contributed by atoms with E-state index in [9.17, 15) is 4.79 Å². The van der Waals surface area contributed by atoms with Gasteiger partial charge in [0.1, 0.15) is 5.75 Å². The predicted molar refractivity (Wildman–Crippen MR) is 69.1 cm³/mol. The molecule has 0 unspecified atom stereocenters. The lowest BCUT2D eigenvalue weighted by molar-refractivity contribution is -0.124. The first kappa shape index (κ1) is 14.0. The van der Waals surface area contributed by atoms with Crippen LogP contribution in [0.4, 0.5) is 0 Å². The largest absolute Gasteiger partial charge is 0.484 e. The SMILES string of the molecule is CC(C)[C@@H](C)NC(=O)COc1cccc(C#N)c1. The molecule has 1 aromatic rings. The number of rotatable bonds is 5. The predicted octanol–water partition coefficient (Wildman–Crippen LogP) is 2.10. The second kappa shape index (κ2) is 6.65. The molecule has 1 N–H and O–H groups in total. The minimum atomic E-state index is -0.154.